The van der Waals surface area contributed by atoms with Crippen molar-refractivity contribution in [3.8, 4) is 0 Å². The van der Waals surface area contributed by atoms with Crippen LogP contribution in [0, 0.1) is 11.8 Å². The molecule has 0 bridgehead atoms. The molecule has 0 fully saturated rings. The van der Waals surface area contributed by atoms with Crippen LogP contribution in [0.25, 0.3) is 11.0 Å². The first-order valence-electron chi connectivity index (χ1n) is 7.30. The third-order valence-electron chi connectivity index (χ3n) is 3.11. The molecule has 0 unspecified atom stereocenters. The predicted octanol–water partition coefficient (Wildman–Crippen LogP) is 4.33. The fourth-order valence-electron chi connectivity index (χ4n) is 2.56. The highest BCUT2D eigenvalue weighted by molar-refractivity contribution is 6.31. The molecule has 0 aliphatic carbocycles. The van der Waals surface area contributed by atoms with E-state index in [9.17, 15) is 0 Å². The maximum atomic E-state index is 6.01. The lowest BCUT2D eigenvalue weighted by molar-refractivity contribution is 0.207. The number of rotatable bonds is 6. The number of nitrogens with zero attached hydrogens (tertiary/aromatic N) is 2. The van der Waals surface area contributed by atoms with E-state index in [-0.39, 0.29) is 0 Å². The Bertz CT molecular complexity index is 550. The second kappa shape index (κ2) is 6.59. The largest absolute Gasteiger partial charge is 0.341 e. The number of fused-ring (bicyclic) bond motifs is 1. The third-order valence-corrected chi connectivity index (χ3v) is 3.35. The van der Waals surface area contributed by atoms with E-state index >= 15 is 0 Å². The normalized spacial score (nSPS) is 12.2. The Morgan fingerprint density at radius 3 is 2.40 bits per heavy atom. The quantitative estimate of drug-likeness (QED) is 0.859. The van der Waals surface area contributed by atoms with Gasteiger partial charge in [-0.15, -0.1) is 0 Å². The van der Waals surface area contributed by atoms with Gasteiger partial charge in [0.25, 0.3) is 0 Å². The molecule has 0 amide bonds. The highest BCUT2D eigenvalue weighted by Crippen LogP contribution is 2.18. The molecule has 1 aromatic carbocycles. The van der Waals surface area contributed by atoms with Gasteiger partial charge in [0.1, 0.15) is 5.82 Å². The number of benzene rings is 1. The van der Waals surface area contributed by atoms with Crippen LogP contribution in [0.1, 0.15) is 33.5 Å². The van der Waals surface area contributed by atoms with Crippen LogP contribution in [0.2, 0.25) is 5.02 Å². The molecular formula is C16H24ClN3. The zero-order valence-electron chi connectivity index (χ0n) is 12.8. The predicted molar refractivity (Wildman–Crippen MR) is 86.1 cm³/mol. The lowest BCUT2D eigenvalue weighted by Crippen LogP contribution is -2.31. The molecule has 4 heteroatoms. The molecular weight excluding hydrogens is 270 g/mol. The van der Waals surface area contributed by atoms with Gasteiger partial charge < -0.3 is 4.98 Å². The Morgan fingerprint density at radius 2 is 1.80 bits per heavy atom. The topological polar surface area (TPSA) is 31.9 Å². The summed E-state index contributed by atoms with van der Waals surface area (Å²) in [4.78, 5) is 10.5. The average molecular weight is 294 g/mol. The van der Waals surface area contributed by atoms with Crippen molar-refractivity contribution in [3.63, 3.8) is 0 Å². The number of aromatic amines is 1. The molecule has 2 rings (SSSR count). The van der Waals surface area contributed by atoms with Gasteiger partial charge in [0.2, 0.25) is 0 Å². The van der Waals surface area contributed by atoms with Crippen molar-refractivity contribution >= 4 is 22.6 Å². The fraction of sp³-hybridized carbons (Fsp3) is 0.562. The first kappa shape index (κ1) is 15.3. The van der Waals surface area contributed by atoms with Crippen LogP contribution in [-0.2, 0) is 6.54 Å². The summed E-state index contributed by atoms with van der Waals surface area (Å²) < 4.78 is 0. The maximum Gasteiger partial charge on any atom is 0.121 e. The number of nitrogens with one attached hydrogen (secondary N) is 1. The smallest absolute Gasteiger partial charge is 0.121 e. The zero-order valence-corrected chi connectivity index (χ0v) is 13.5. The number of halogens is 1. The number of H-pyrrole nitrogens is 1. The van der Waals surface area contributed by atoms with E-state index < -0.39 is 0 Å². The van der Waals surface area contributed by atoms with Gasteiger partial charge in [0, 0.05) is 18.1 Å². The van der Waals surface area contributed by atoms with Gasteiger partial charge in [0.15, 0.2) is 0 Å². The van der Waals surface area contributed by atoms with Crippen molar-refractivity contribution in [1.29, 1.82) is 0 Å². The van der Waals surface area contributed by atoms with E-state index in [1.165, 1.54) is 0 Å². The Hall–Kier alpha value is -1.06. The summed E-state index contributed by atoms with van der Waals surface area (Å²) in [6.07, 6.45) is 0. The van der Waals surface area contributed by atoms with Gasteiger partial charge in [0.05, 0.1) is 17.6 Å². The summed E-state index contributed by atoms with van der Waals surface area (Å²) in [7, 11) is 0. The summed E-state index contributed by atoms with van der Waals surface area (Å²) in [6.45, 7) is 12.1. The second-order valence-corrected chi connectivity index (χ2v) is 6.76. The minimum absolute atomic E-state index is 0.660. The van der Waals surface area contributed by atoms with Gasteiger partial charge in [-0.2, -0.15) is 0 Å². The SMILES string of the molecule is CC(C)CN(Cc1nc2ccc(Cl)cc2[nH]1)CC(C)C. The highest BCUT2D eigenvalue weighted by atomic mass is 35.5. The van der Waals surface area contributed by atoms with Gasteiger partial charge in [-0.05, 0) is 30.0 Å². The third kappa shape index (κ3) is 4.22. The zero-order chi connectivity index (χ0) is 14.7. The van der Waals surface area contributed by atoms with Crippen LogP contribution in [-0.4, -0.2) is 28.0 Å². The first-order valence-corrected chi connectivity index (χ1v) is 7.68. The Kier molecular flexibility index (Phi) is 5.06. The molecule has 3 nitrogen and oxygen atoms in total. The minimum Gasteiger partial charge on any atom is -0.341 e. The van der Waals surface area contributed by atoms with Crippen LogP contribution < -0.4 is 0 Å². The van der Waals surface area contributed by atoms with Crippen LogP contribution in [0.4, 0.5) is 0 Å². The van der Waals surface area contributed by atoms with Crippen molar-refractivity contribution < 1.29 is 0 Å². The first-order chi connectivity index (χ1) is 9.44. The van der Waals surface area contributed by atoms with E-state index in [1.54, 1.807) is 0 Å². The fourth-order valence-corrected chi connectivity index (χ4v) is 2.73. The maximum absolute atomic E-state index is 6.01. The summed E-state index contributed by atoms with van der Waals surface area (Å²) in [5, 5.41) is 0.744. The standard InChI is InChI=1S/C16H24ClN3/c1-11(2)8-20(9-12(3)4)10-16-18-14-6-5-13(17)7-15(14)19-16/h5-7,11-12H,8-10H2,1-4H3,(H,18,19). The van der Waals surface area contributed by atoms with Crippen molar-refractivity contribution in [2.45, 2.75) is 34.2 Å². The molecule has 0 aliphatic heterocycles. The highest BCUT2D eigenvalue weighted by Gasteiger charge is 2.12. The molecule has 20 heavy (non-hydrogen) atoms. The van der Waals surface area contributed by atoms with Crippen molar-refractivity contribution in [2.24, 2.45) is 11.8 Å². The molecule has 0 atom stereocenters. The van der Waals surface area contributed by atoms with Gasteiger partial charge in [-0.1, -0.05) is 39.3 Å². The molecule has 2 aromatic rings. The molecule has 0 spiro atoms. The van der Waals surface area contributed by atoms with Crippen LogP contribution in [0.5, 0.6) is 0 Å². The Balaban J connectivity index is 2.14. The van der Waals surface area contributed by atoms with Gasteiger partial charge >= 0.3 is 0 Å². The van der Waals surface area contributed by atoms with Gasteiger partial charge in [-0.25, -0.2) is 4.98 Å². The van der Waals surface area contributed by atoms with E-state index in [0.717, 1.165) is 41.5 Å². The molecule has 1 heterocycles. The van der Waals surface area contributed by atoms with E-state index in [0.29, 0.717) is 11.8 Å². The molecule has 110 valence electrons. The summed E-state index contributed by atoms with van der Waals surface area (Å²) in [6, 6.07) is 5.78. The summed E-state index contributed by atoms with van der Waals surface area (Å²) >= 11 is 6.01. The summed E-state index contributed by atoms with van der Waals surface area (Å²) in [5.74, 6) is 2.34. The molecule has 0 saturated carbocycles. The Morgan fingerprint density at radius 1 is 1.15 bits per heavy atom. The lowest BCUT2D eigenvalue weighted by atomic mass is 10.1. The summed E-state index contributed by atoms with van der Waals surface area (Å²) in [5.41, 5.74) is 2.00. The minimum atomic E-state index is 0.660. The van der Waals surface area contributed by atoms with Crippen LogP contribution in [0.3, 0.4) is 0 Å². The number of imidazole rings is 1. The number of hydrogen-bond acceptors (Lipinski definition) is 2. The van der Waals surface area contributed by atoms with Crippen LogP contribution >= 0.6 is 11.6 Å². The monoisotopic (exact) mass is 293 g/mol. The number of aromatic nitrogens is 2. The van der Waals surface area contributed by atoms with Gasteiger partial charge in [-0.3, -0.25) is 4.90 Å². The van der Waals surface area contributed by atoms with E-state index in [2.05, 4.69) is 42.6 Å². The lowest BCUT2D eigenvalue weighted by Gasteiger charge is -2.25. The molecule has 1 aromatic heterocycles. The van der Waals surface area contributed by atoms with Crippen molar-refractivity contribution in [2.75, 3.05) is 13.1 Å². The van der Waals surface area contributed by atoms with Crippen LogP contribution in [0.15, 0.2) is 18.2 Å². The average Bonchev–Trinajstić information content (AvgIpc) is 2.68. The van der Waals surface area contributed by atoms with E-state index in [4.69, 9.17) is 11.6 Å². The Labute approximate surface area is 126 Å². The second-order valence-electron chi connectivity index (χ2n) is 6.33. The van der Waals surface area contributed by atoms with E-state index in [1.807, 2.05) is 18.2 Å². The molecule has 0 radical (unpaired) electrons. The molecule has 0 aliphatic rings. The van der Waals surface area contributed by atoms with Crippen molar-refractivity contribution in [3.05, 3.63) is 29.0 Å². The van der Waals surface area contributed by atoms with Crippen molar-refractivity contribution in [1.82, 2.24) is 14.9 Å². The molecule has 0 saturated heterocycles. The molecule has 1 N–H and O–H groups in total. The number of hydrogen-bond donors (Lipinski definition) is 1.